The topological polar surface area (TPSA) is 82.0 Å². The van der Waals surface area contributed by atoms with Crippen molar-refractivity contribution in [1.29, 1.82) is 5.26 Å². The van der Waals surface area contributed by atoms with Crippen molar-refractivity contribution in [3.63, 3.8) is 0 Å². The van der Waals surface area contributed by atoms with Crippen molar-refractivity contribution in [2.45, 2.75) is 37.5 Å². The fourth-order valence-corrected chi connectivity index (χ4v) is 5.78. The minimum absolute atomic E-state index is 0.133. The highest BCUT2D eigenvalue weighted by atomic mass is 32.2. The first-order chi connectivity index (χ1) is 15.5. The molecule has 7 heteroatoms. The SMILES string of the molecule is Cc1ccc(NC(=O)CSc2ccccc2C(=O)Nc2sc3c(c2C#N)CCCC3)cc1. The van der Waals surface area contributed by atoms with E-state index in [2.05, 4.69) is 16.7 Å². The van der Waals surface area contributed by atoms with Gasteiger partial charge in [0.15, 0.2) is 0 Å². The molecular weight excluding hydrogens is 438 g/mol. The van der Waals surface area contributed by atoms with Gasteiger partial charge in [0.25, 0.3) is 5.91 Å². The number of nitrogens with one attached hydrogen (secondary N) is 2. The lowest BCUT2D eigenvalue weighted by Gasteiger charge is -2.10. The zero-order valence-electron chi connectivity index (χ0n) is 17.7. The molecule has 1 aliphatic carbocycles. The van der Waals surface area contributed by atoms with Gasteiger partial charge < -0.3 is 10.6 Å². The number of carbonyl (C=O) groups excluding carboxylic acids is 2. The maximum atomic E-state index is 13.1. The molecule has 1 heterocycles. The average molecular weight is 462 g/mol. The quantitative estimate of drug-likeness (QED) is 0.455. The summed E-state index contributed by atoms with van der Waals surface area (Å²) in [5.74, 6) is -0.205. The molecule has 1 aliphatic rings. The van der Waals surface area contributed by atoms with Crippen molar-refractivity contribution in [2.24, 2.45) is 0 Å². The Kier molecular flexibility index (Phi) is 6.93. The fourth-order valence-electron chi connectivity index (χ4n) is 3.70. The average Bonchev–Trinajstić information content (AvgIpc) is 3.16. The highest BCUT2D eigenvalue weighted by Crippen LogP contribution is 2.38. The number of carbonyl (C=O) groups is 2. The van der Waals surface area contributed by atoms with Crippen LogP contribution in [0.5, 0.6) is 0 Å². The second-order valence-electron chi connectivity index (χ2n) is 7.68. The highest BCUT2D eigenvalue weighted by Gasteiger charge is 2.23. The van der Waals surface area contributed by atoms with E-state index in [1.165, 1.54) is 28.0 Å². The molecule has 0 atom stereocenters. The Morgan fingerprint density at radius 1 is 1.06 bits per heavy atom. The molecule has 4 rings (SSSR count). The van der Waals surface area contributed by atoms with Gasteiger partial charge in [-0.3, -0.25) is 9.59 Å². The van der Waals surface area contributed by atoms with Gasteiger partial charge >= 0.3 is 0 Å². The molecule has 2 N–H and O–H groups in total. The monoisotopic (exact) mass is 461 g/mol. The molecule has 0 bridgehead atoms. The third-order valence-corrected chi connectivity index (χ3v) is 7.62. The number of nitrogens with zero attached hydrogens (tertiary/aromatic N) is 1. The molecule has 0 unspecified atom stereocenters. The molecule has 0 radical (unpaired) electrons. The van der Waals surface area contributed by atoms with Gasteiger partial charge in [-0.15, -0.1) is 23.1 Å². The number of hydrogen-bond donors (Lipinski definition) is 2. The summed E-state index contributed by atoms with van der Waals surface area (Å²) in [6.45, 7) is 1.99. The summed E-state index contributed by atoms with van der Waals surface area (Å²) in [4.78, 5) is 27.4. The lowest BCUT2D eigenvalue weighted by molar-refractivity contribution is -0.113. The van der Waals surface area contributed by atoms with Crippen LogP contribution in [0.15, 0.2) is 53.4 Å². The molecule has 1 aromatic heterocycles. The van der Waals surface area contributed by atoms with Gasteiger partial charge in [0, 0.05) is 15.5 Å². The van der Waals surface area contributed by atoms with Gasteiger partial charge in [-0.05, 0) is 62.4 Å². The zero-order valence-corrected chi connectivity index (χ0v) is 19.4. The summed E-state index contributed by atoms with van der Waals surface area (Å²) in [7, 11) is 0. The van der Waals surface area contributed by atoms with Crippen LogP contribution in [-0.2, 0) is 17.6 Å². The summed E-state index contributed by atoms with van der Waals surface area (Å²) in [6.07, 6.45) is 4.06. The summed E-state index contributed by atoms with van der Waals surface area (Å²) >= 11 is 2.83. The standard InChI is InChI=1S/C25H23N3O2S2/c1-16-10-12-17(13-11-16)27-23(29)15-31-21-8-4-3-7-19(21)24(30)28-25-20(14-26)18-6-2-5-9-22(18)32-25/h3-4,7-8,10-13H,2,5-6,9,15H2,1H3,(H,27,29)(H,28,30). The van der Waals surface area contributed by atoms with Gasteiger partial charge in [0.1, 0.15) is 11.1 Å². The summed E-state index contributed by atoms with van der Waals surface area (Å²) in [5, 5.41) is 16.1. The van der Waals surface area contributed by atoms with Gasteiger partial charge in [0.05, 0.1) is 16.9 Å². The maximum absolute atomic E-state index is 13.1. The molecule has 2 aromatic carbocycles. The minimum atomic E-state index is -0.262. The molecule has 0 spiro atoms. The largest absolute Gasteiger partial charge is 0.325 e. The predicted molar refractivity (Wildman–Crippen MR) is 131 cm³/mol. The van der Waals surface area contributed by atoms with Crippen molar-refractivity contribution in [1.82, 2.24) is 0 Å². The van der Waals surface area contributed by atoms with Crippen molar-refractivity contribution >= 4 is 45.6 Å². The minimum Gasteiger partial charge on any atom is -0.325 e. The molecule has 162 valence electrons. The van der Waals surface area contributed by atoms with Gasteiger partial charge in [-0.1, -0.05) is 29.8 Å². The van der Waals surface area contributed by atoms with E-state index in [9.17, 15) is 14.9 Å². The van der Waals surface area contributed by atoms with Crippen LogP contribution >= 0.6 is 23.1 Å². The van der Waals surface area contributed by atoms with Crippen LogP contribution < -0.4 is 10.6 Å². The van der Waals surface area contributed by atoms with Crippen molar-refractivity contribution in [2.75, 3.05) is 16.4 Å². The van der Waals surface area contributed by atoms with E-state index in [0.717, 1.165) is 47.4 Å². The lowest BCUT2D eigenvalue weighted by Crippen LogP contribution is -2.16. The Morgan fingerprint density at radius 3 is 2.59 bits per heavy atom. The number of rotatable bonds is 6. The molecular formula is C25H23N3O2S2. The van der Waals surface area contributed by atoms with Crippen LogP contribution in [0.2, 0.25) is 0 Å². The van der Waals surface area contributed by atoms with Crippen LogP contribution in [0.3, 0.4) is 0 Å². The number of benzene rings is 2. The Hall–Kier alpha value is -3.08. The lowest BCUT2D eigenvalue weighted by atomic mass is 9.96. The van der Waals surface area contributed by atoms with E-state index in [-0.39, 0.29) is 17.6 Å². The number of thioether (sulfide) groups is 1. The van der Waals surface area contributed by atoms with Crippen LogP contribution in [0, 0.1) is 18.3 Å². The Morgan fingerprint density at radius 2 is 1.81 bits per heavy atom. The van der Waals surface area contributed by atoms with E-state index >= 15 is 0 Å². The molecule has 5 nitrogen and oxygen atoms in total. The van der Waals surface area contributed by atoms with Crippen LogP contribution in [0.4, 0.5) is 10.7 Å². The van der Waals surface area contributed by atoms with E-state index in [0.29, 0.717) is 16.1 Å². The Bertz CT molecular complexity index is 1190. The van der Waals surface area contributed by atoms with Gasteiger partial charge in [0.2, 0.25) is 5.91 Å². The van der Waals surface area contributed by atoms with Crippen molar-refractivity contribution in [3.8, 4) is 6.07 Å². The maximum Gasteiger partial charge on any atom is 0.257 e. The first-order valence-corrected chi connectivity index (χ1v) is 12.3. The van der Waals surface area contributed by atoms with Crippen molar-refractivity contribution in [3.05, 3.63) is 75.7 Å². The van der Waals surface area contributed by atoms with E-state index < -0.39 is 0 Å². The summed E-state index contributed by atoms with van der Waals surface area (Å²) in [5.41, 5.74) is 4.06. The molecule has 0 saturated heterocycles. The van der Waals surface area contributed by atoms with E-state index in [4.69, 9.17) is 0 Å². The third kappa shape index (κ3) is 5.04. The van der Waals surface area contributed by atoms with Crippen LogP contribution in [0.1, 0.15) is 44.8 Å². The molecule has 3 aromatic rings. The molecule has 0 fully saturated rings. The Balaban J connectivity index is 1.44. The van der Waals surface area contributed by atoms with E-state index in [1.807, 2.05) is 43.3 Å². The van der Waals surface area contributed by atoms with Crippen LogP contribution in [-0.4, -0.2) is 17.6 Å². The van der Waals surface area contributed by atoms with Crippen molar-refractivity contribution < 1.29 is 9.59 Å². The predicted octanol–water partition coefficient (Wildman–Crippen LogP) is 5.79. The molecule has 0 saturated carbocycles. The van der Waals surface area contributed by atoms with E-state index in [1.54, 1.807) is 12.1 Å². The summed E-state index contributed by atoms with van der Waals surface area (Å²) in [6, 6.07) is 17.1. The number of fused-ring (bicyclic) bond motifs is 1. The first-order valence-electron chi connectivity index (χ1n) is 10.5. The number of nitriles is 1. The molecule has 0 aliphatic heterocycles. The normalized spacial score (nSPS) is 12.5. The first kappa shape index (κ1) is 22.1. The smallest absolute Gasteiger partial charge is 0.257 e. The number of hydrogen-bond acceptors (Lipinski definition) is 5. The molecule has 2 amide bonds. The van der Waals surface area contributed by atoms with Gasteiger partial charge in [-0.2, -0.15) is 5.26 Å². The third-order valence-electron chi connectivity index (χ3n) is 5.34. The van der Waals surface area contributed by atoms with Gasteiger partial charge in [-0.25, -0.2) is 0 Å². The second kappa shape index (κ2) is 10.0. The zero-order chi connectivity index (χ0) is 22.5. The second-order valence-corrected chi connectivity index (χ2v) is 9.80. The number of amides is 2. The fraction of sp³-hybridized carbons (Fsp3) is 0.240. The number of thiophene rings is 1. The Labute approximate surface area is 195 Å². The van der Waals surface area contributed by atoms with Crippen LogP contribution in [0.25, 0.3) is 0 Å². The number of aryl methyl sites for hydroxylation is 2. The molecule has 32 heavy (non-hydrogen) atoms. The summed E-state index contributed by atoms with van der Waals surface area (Å²) < 4.78 is 0. The number of anilines is 2. The highest BCUT2D eigenvalue weighted by molar-refractivity contribution is 8.00.